The zero-order valence-electron chi connectivity index (χ0n) is 13.5. The Balaban J connectivity index is 1.57. The largest absolute Gasteiger partial charge is 0.459 e. The number of benzene rings is 1. The topological polar surface area (TPSA) is 75.4 Å². The number of rotatable bonds is 3. The molecule has 1 aliphatic heterocycles. The standard InChI is InChI=1S/C19H15N3O3/c1-12-10-13(22-11-16-14(19(22)24)4-2-8-20-16)6-7-15(12)21-18(23)17-5-3-9-25-17/h2-10H,11H2,1H3,(H,21,23). The zero-order chi connectivity index (χ0) is 17.4. The number of nitrogens with zero attached hydrogens (tertiary/aromatic N) is 2. The van der Waals surface area contributed by atoms with E-state index in [-0.39, 0.29) is 17.6 Å². The van der Waals surface area contributed by atoms with Gasteiger partial charge in [0.2, 0.25) is 0 Å². The van der Waals surface area contributed by atoms with Gasteiger partial charge in [-0.05, 0) is 55.0 Å². The van der Waals surface area contributed by atoms with Crippen LogP contribution in [0.25, 0.3) is 0 Å². The number of carbonyl (C=O) groups excluding carboxylic acids is 2. The molecular formula is C19H15N3O3. The molecule has 1 aromatic carbocycles. The summed E-state index contributed by atoms with van der Waals surface area (Å²) >= 11 is 0. The number of hydrogen-bond donors (Lipinski definition) is 1. The maximum Gasteiger partial charge on any atom is 0.291 e. The van der Waals surface area contributed by atoms with Crippen LogP contribution in [0, 0.1) is 6.92 Å². The van der Waals surface area contributed by atoms with Crippen molar-refractivity contribution in [2.45, 2.75) is 13.5 Å². The molecule has 3 aromatic rings. The van der Waals surface area contributed by atoms with Gasteiger partial charge in [-0.25, -0.2) is 0 Å². The lowest BCUT2D eigenvalue weighted by Gasteiger charge is -2.17. The van der Waals surface area contributed by atoms with Gasteiger partial charge in [-0.15, -0.1) is 0 Å². The summed E-state index contributed by atoms with van der Waals surface area (Å²) in [4.78, 5) is 30.6. The van der Waals surface area contributed by atoms with E-state index in [4.69, 9.17) is 4.42 Å². The third-order valence-electron chi connectivity index (χ3n) is 4.19. The minimum atomic E-state index is -0.310. The predicted molar refractivity (Wildman–Crippen MR) is 92.6 cm³/mol. The first kappa shape index (κ1) is 15.1. The van der Waals surface area contributed by atoms with E-state index in [1.54, 1.807) is 41.4 Å². The minimum absolute atomic E-state index is 0.0603. The van der Waals surface area contributed by atoms with Crippen LogP contribution in [0.15, 0.2) is 59.3 Å². The molecule has 25 heavy (non-hydrogen) atoms. The van der Waals surface area contributed by atoms with Gasteiger partial charge < -0.3 is 14.6 Å². The summed E-state index contributed by atoms with van der Waals surface area (Å²) in [6, 6.07) is 12.3. The SMILES string of the molecule is Cc1cc(N2Cc3ncccc3C2=O)ccc1NC(=O)c1ccco1. The van der Waals surface area contributed by atoms with Crippen LogP contribution in [0.5, 0.6) is 0 Å². The summed E-state index contributed by atoms with van der Waals surface area (Å²) in [6.45, 7) is 2.33. The highest BCUT2D eigenvalue weighted by atomic mass is 16.3. The number of carbonyl (C=O) groups is 2. The molecule has 0 radical (unpaired) electrons. The number of amides is 2. The van der Waals surface area contributed by atoms with E-state index in [0.29, 0.717) is 17.8 Å². The number of nitrogens with one attached hydrogen (secondary N) is 1. The van der Waals surface area contributed by atoms with Crippen molar-refractivity contribution in [3.8, 4) is 0 Å². The van der Waals surface area contributed by atoms with E-state index in [2.05, 4.69) is 10.3 Å². The Labute approximate surface area is 144 Å². The van der Waals surface area contributed by atoms with Gasteiger partial charge in [0, 0.05) is 17.6 Å². The van der Waals surface area contributed by atoms with Crippen molar-refractivity contribution in [3.63, 3.8) is 0 Å². The maximum atomic E-state index is 12.5. The lowest BCUT2D eigenvalue weighted by atomic mass is 10.1. The highest BCUT2D eigenvalue weighted by Crippen LogP contribution is 2.29. The third-order valence-corrected chi connectivity index (χ3v) is 4.19. The van der Waals surface area contributed by atoms with Gasteiger partial charge in [-0.2, -0.15) is 0 Å². The molecule has 0 saturated carbocycles. The van der Waals surface area contributed by atoms with Crippen LogP contribution in [0.1, 0.15) is 32.2 Å². The van der Waals surface area contributed by atoms with Crippen molar-refractivity contribution in [1.82, 2.24) is 4.98 Å². The molecule has 1 N–H and O–H groups in total. The second-order valence-corrected chi connectivity index (χ2v) is 5.82. The number of aromatic nitrogens is 1. The molecule has 6 heteroatoms. The fourth-order valence-electron chi connectivity index (χ4n) is 2.88. The van der Waals surface area contributed by atoms with Crippen LogP contribution >= 0.6 is 0 Å². The van der Waals surface area contributed by atoms with Crippen molar-refractivity contribution in [1.29, 1.82) is 0 Å². The molecule has 124 valence electrons. The summed E-state index contributed by atoms with van der Waals surface area (Å²) in [5.41, 5.74) is 3.72. The molecule has 0 bridgehead atoms. The fourth-order valence-corrected chi connectivity index (χ4v) is 2.88. The number of hydrogen-bond acceptors (Lipinski definition) is 4. The molecule has 0 fully saturated rings. The Bertz CT molecular complexity index is 964. The Morgan fingerprint density at radius 2 is 2.12 bits per heavy atom. The molecule has 0 aliphatic carbocycles. The molecule has 3 heterocycles. The Kier molecular flexibility index (Phi) is 3.57. The Hall–Kier alpha value is -3.41. The summed E-state index contributed by atoms with van der Waals surface area (Å²) in [5.74, 6) is -0.121. The van der Waals surface area contributed by atoms with Crippen LogP contribution in [0.4, 0.5) is 11.4 Å². The average Bonchev–Trinajstić information content (AvgIpc) is 3.26. The molecule has 2 aromatic heterocycles. The van der Waals surface area contributed by atoms with E-state index in [1.807, 2.05) is 19.1 Å². The van der Waals surface area contributed by atoms with Crippen LogP contribution < -0.4 is 10.2 Å². The van der Waals surface area contributed by atoms with Crippen molar-refractivity contribution in [2.24, 2.45) is 0 Å². The molecule has 0 saturated heterocycles. The Morgan fingerprint density at radius 1 is 1.24 bits per heavy atom. The Morgan fingerprint density at radius 3 is 2.84 bits per heavy atom. The van der Waals surface area contributed by atoms with Gasteiger partial charge in [0.25, 0.3) is 11.8 Å². The van der Waals surface area contributed by atoms with Crippen molar-refractivity contribution in [3.05, 3.63) is 77.5 Å². The second-order valence-electron chi connectivity index (χ2n) is 5.82. The number of fused-ring (bicyclic) bond motifs is 1. The first-order valence-corrected chi connectivity index (χ1v) is 7.85. The number of aryl methyl sites for hydroxylation is 1. The molecule has 2 amide bonds. The molecule has 6 nitrogen and oxygen atoms in total. The first-order chi connectivity index (χ1) is 12.1. The number of furan rings is 1. The lowest BCUT2D eigenvalue weighted by Crippen LogP contribution is -2.23. The van der Waals surface area contributed by atoms with E-state index in [9.17, 15) is 9.59 Å². The molecular weight excluding hydrogens is 318 g/mol. The highest BCUT2D eigenvalue weighted by Gasteiger charge is 2.29. The number of pyridine rings is 1. The van der Waals surface area contributed by atoms with Gasteiger partial charge in [0.1, 0.15) is 0 Å². The van der Waals surface area contributed by atoms with Crippen LogP contribution in [-0.4, -0.2) is 16.8 Å². The fraction of sp³-hybridized carbons (Fsp3) is 0.105. The molecule has 0 atom stereocenters. The normalized spacial score (nSPS) is 13.0. The monoisotopic (exact) mass is 333 g/mol. The molecule has 0 unspecified atom stereocenters. The van der Waals surface area contributed by atoms with Crippen molar-refractivity contribution < 1.29 is 14.0 Å². The summed E-state index contributed by atoms with van der Waals surface area (Å²) in [7, 11) is 0. The summed E-state index contributed by atoms with van der Waals surface area (Å²) in [5, 5.41) is 2.81. The molecule has 4 rings (SSSR count). The minimum Gasteiger partial charge on any atom is -0.459 e. The van der Waals surface area contributed by atoms with E-state index < -0.39 is 0 Å². The smallest absolute Gasteiger partial charge is 0.291 e. The quantitative estimate of drug-likeness (QED) is 0.797. The zero-order valence-corrected chi connectivity index (χ0v) is 13.5. The maximum absolute atomic E-state index is 12.5. The predicted octanol–water partition coefficient (Wildman–Crippen LogP) is 3.40. The van der Waals surface area contributed by atoms with Crippen molar-refractivity contribution >= 4 is 23.2 Å². The van der Waals surface area contributed by atoms with Crippen LogP contribution in [-0.2, 0) is 6.54 Å². The van der Waals surface area contributed by atoms with Crippen LogP contribution in [0.3, 0.4) is 0 Å². The van der Waals surface area contributed by atoms with Gasteiger partial charge in [-0.3, -0.25) is 14.6 Å². The van der Waals surface area contributed by atoms with Crippen LogP contribution in [0.2, 0.25) is 0 Å². The second kappa shape index (κ2) is 5.90. The third kappa shape index (κ3) is 2.67. The molecule has 0 spiro atoms. The van der Waals surface area contributed by atoms with Gasteiger partial charge >= 0.3 is 0 Å². The van der Waals surface area contributed by atoms with Gasteiger partial charge in [0.05, 0.1) is 24.1 Å². The average molecular weight is 333 g/mol. The summed E-state index contributed by atoms with van der Waals surface area (Å²) in [6.07, 6.45) is 3.14. The first-order valence-electron chi connectivity index (χ1n) is 7.85. The van der Waals surface area contributed by atoms with E-state index >= 15 is 0 Å². The van der Waals surface area contributed by atoms with Gasteiger partial charge in [-0.1, -0.05) is 0 Å². The van der Waals surface area contributed by atoms with E-state index in [1.165, 1.54) is 6.26 Å². The van der Waals surface area contributed by atoms with Gasteiger partial charge in [0.15, 0.2) is 5.76 Å². The number of anilines is 2. The van der Waals surface area contributed by atoms with Crippen molar-refractivity contribution in [2.75, 3.05) is 10.2 Å². The summed E-state index contributed by atoms with van der Waals surface area (Å²) < 4.78 is 5.09. The highest BCUT2D eigenvalue weighted by molar-refractivity contribution is 6.10. The molecule has 1 aliphatic rings. The lowest BCUT2D eigenvalue weighted by molar-refractivity contribution is 0.0988. The van der Waals surface area contributed by atoms with E-state index in [0.717, 1.165) is 16.9 Å².